The third-order valence-electron chi connectivity index (χ3n) is 7.03. The van der Waals surface area contributed by atoms with Gasteiger partial charge in [-0.05, 0) is 55.7 Å². The lowest BCUT2D eigenvalue weighted by molar-refractivity contribution is 0.0844. The van der Waals surface area contributed by atoms with Gasteiger partial charge in [-0.3, -0.25) is 4.57 Å². The van der Waals surface area contributed by atoms with Crippen LogP contribution in [-0.4, -0.2) is 46.3 Å². The number of rotatable bonds is 7. The Kier molecular flexibility index (Phi) is 9.07. The first kappa shape index (κ1) is 27.7. The number of likely N-dealkylation sites (tertiary alicyclic amines) is 1. The van der Waals surface area contributed by atoms with Gasteiger partial charge in [0.25, 0.3) is 0 Å². The number of carbonyl (C=O) groups excluding carboxylic acids is 1. The van der Waals surface area contributed by atoms with E-state index in [9.17, 15) is 9.59 Å². The van der Waals surface area contributed by atoms with Gasteiger partial charge in [-0.15, -0.1) is 0 Å². The summed E-state index contributed by atoms with van der Waals surface area (Å²) in [6.07, 6.45) is 1.06. The van der Waals surface area contributed by atoms with Gasteiger partial charge in [0.15, 0.2) is 0 Å². The zero-order valence-electron chi connectivity index (χ0n) is 21.3. The lowest BCUT2D eigenvalue weighted by atomic mass is 10.0. The summed E-state index contributed by atoms with van der Waals surface area (Å²) in [5, 5.41) is 0.585. The molecular formula is C29H33ClN4O3S. The topological polar surface area (TPSA) is 70.6 Å². The van der Waals surface area contributed by atoms with Crippen molar-refractivity contribution in [2.45, 2.75) is 38.4 Å². The summed E-state index contributed by atoms with van der Waals surface area (Å²) in [7, 11) is 0. The Morgan fingerprint density at radius 3 is 2.39 bits per heavy atom. The maximum atomic E-state index is 12.9. The van der Waals surface area contributed by atoms with Crippen molar-refractivity contribution in [3.63, 3.8) is 0 Å². The Balaban J connectivity index is 0.00000336. The molecule has 0 aliphatic carbocycles. The van der Waals surface area contributed by atoms with Crippen LogP contribution in [0.4, 0.5) is 10.5 Å². The number of para-hydroxylation sites is 1. The Bertz CT molecular complexity index is 1400. The predicted octanol–water partition coefficient (Wildman–Crippen LogP) is 5.96. The van der Waals surface area contributed by atoms with Gasteiger partial charge in [-0.25, -0.2) is 9.59 Å². The summed E-state index contributed by atoms with van der Waals surface area (Å²) in [5.74, 6) is 0. The maximum absolute atomic E-state index is 12.9. The van der Waals surface area contributed by atoms with E-state index in [0.29, 0.717) is 31.0 Å². The van der Waals surface area contributed by atoms with Gasteiger partial charge in [-0.2, -0.15) is 13.5 Å². The number of ether oxygens (including phenoxy) is 1. The monoisotopic (exact) mass is 552 g/mol. The van der Waals surface area contributed by atoms with Crippen LogP contribution >= 0.6 is 25.1 Å². The predicted molar refractivity (Wildman–Crippen MR) is 158 cm³/mol. The van der Waals surface area contributed by atoms with Crippen LogP contribution < -0.4 is 10.6 Å². The van der Waals surface area contributed by atoms with Crippen molar-refractivity contribution in [1.82, 2.24) is 14.5 Å². The van der Waals surface area contributed by atoms with E-state index in [1.165, 1.54) is 5.56 Å². The minimum Gasteiger partial charge on any atom is -0.447 e. The summed E-state index contributed by atoms with van der Waals surface area (Å²) in [6, 6.07) is 25.9. The molecule has 9 heteroatoms. The molecule has 0 spiro atoms. The molecule has 5 rings (SSSR count). The molecular weight excluding hydrogens is 520 g/mol. The van der Waals surface area contributed by atoms with Gasteiger partial charge in [0.2, 0.25) is 0 Å². The Labute approximate surface area is 234 Å². The Hall–Kier alpha value is -3.36. The fraction of sp³-hybridized carbons (Fsp3) is 0.310. The van der Waals surface area contributed by atoms with Gasteiger partial charge in [-0.1, -0.05) is 60.1 Å². The highest BCUT2D eigenvalue weighted by Crippen LogP contribution is 2.27. The average Bonchev–Trinajstić information content (AvgIpc) is 3.26. The van der Waals surface area contributed by atoms with Crippen molar-refractivity contribution < 1.29 is 9.53 Å². The van der Waals surface area contributed by atoms with Crippen LogP contribution in [0.5, 0.6) is 0 Å². The molecule has 1 aliphatic heterocycles. The maximum Gasteiger partial charge on any atom is 0.409 e. The van der Waals surface area contributed by atoms with Crippen molar-refractivity contribution in [2.24, 2.45) is 0 Å². The fourth-order valence-corrected chi connectivity index (χ4v) is 5.22. The van der Waals surface area contributed by atoms with Gasteiger partial charge in [0.05, 0.1) is 17.1 Å². The van der Waals surface area contributed by atoms with Crippen molar-refractivity contribution in [3.8, 4) is 0 Å². The van der Waals surface area contributed by atoms with Gasteiger partial charge in [0.1, 0.15) is 6.61 Å². The number of halogens is 1. The first-order valence-corrected chi connectivity index (χ1v) is 13.0. The summed E-state index contributed by atoms with van der Waals surface area (Å²) >= 11 is 6.07. The summed E-state index contributed by atoms with van der Waals surface area (Å²) in [6.45, 7) is 4.15. The molecule has 4 aromatic rings. The zero-order valence-corrected chi connectivity index (χ0v) is 23.1. The van der Waals surface area contributed by atoms with Crippen molar-refractivity contribution >= 4 is 47.9 Å². The highest BCUT2D eigenvalue weighted by molar-refractivity contribution is 7.59. The number of fused-ring (bicyclic) bond motifs is 1. The molecule has 7 nitrogen and oxygen atoms in total. The summed E-state index contributed by atoms with van der Waals surface area (Å²) in [4.78, 5) is 32.4. The first-order chi connectivity index (χ1) is 18.0. The number of amides is 1. The summed E-state index contributed by atoms with van der Waals surface area (Å²) in [5.41, 5.74) is 3.70. The number of H-pyrrole nitrogens is 1. The third kappa shape index (κ3) is 6.19. The second kappa shape index (κ2) is 12.5. The van der Waals surface area contributed by atoms with E-state index in [4.69, 9.17) is 16.3 Å². The second-order valence-corrected chi connectivity index (χ2v) is 9.99. The molecule has 0 saturated carbocycles. The Morgan fingerprint density at radius 2 is 1.71 bits per heavy atom. The highest BCUT2D eigenvalue weighted by atomic mass is 35.5. The fourth-order valence-electron chi connectivity index (χ4n) is 5.05. The molecule has 1 saturated heterocycles. The van der Waals surface area contributed by atoms with Crippen LogP contribution in [0.25, 0.3) is 11.0 Å². The molecule has 1 fully saturated rings. The van der Waals surface area contributed by atoms with Crippen LogP contribution in [0.2, 0.25) is 5.02 Å². The van der Waals surface area contributed by atoms with Crippen molar-refractivity contribution in [2.75, 3.05) is 24.6 Å². The smallest absolute Gasteiger partial charge is 0.409 e. The molecule has 3 aromatic carbocycles. The number of aromatic nitrogens is 2. The van der Waals surface area contributed by atoms with Crippen LogP contribution in [0.1, 0.15) is 31.4 Å². The van der Waals surface area contributed by atoms with Crippen LogP contribution in [0, 0.1) is 0 Å². The molecule has 200 valence electrons. The molecule has 1 atom stereocenters. The number of anilines is 1. The molecule has 1 N–H and O–H groups in total. The largest absolute Gasteiger partial charge is 0.447 e. The number of aromatic amines is 1. The molecule has 0 bridgehead atoms. The zero-order chi connectivity index (χ0) is 25.8. The normalized spacial score (nSPS) is 14.6. The highest BCUT2D eigenvalue weighted by Gasteiger charge is 2.27. The number of nitrogens with one attached hydrogen (secondary N) is 1. The minimum atomic E-state index is -0.309. The van der Waals surface area contributed by atoms with E-state index >= 15 is 0 Å². The van der Waals surface area contributed by atoms with E-state index in [0.717, 1.165) is 23.3 Å². The molecule has 38 heavy (non-hydrogen) atoms. The van der Waals surface area contributed by atoms with Crippen molar-refractivity contribution in [3.05, 3.63) is 99.9 Å². The SMILES string of the molecule is C[C@@H](COC(=O)N1CCC(n2c(=O)[nH]c3cc(Cl)ccc32)CC1)N(Cc1ccccc1)c1ccccc1.S. The van der Waals surface area contributed by atoms with Crippen LogP contribution in [0.15, 0.2) is 83.7 Å². The number of carbonyl (C=O) groups is 1. The van der Waals surface area contributed by atoms with Crippen LogP contribution in [-0.2, 0) is 11.3 Å². The minimum absolute atomic E-state index is 0. The van der Waals surface area contributed by atoms with E-state index < -0.39 is 0 Å². The van der Waals surface area contributed by atoms with Gasteiger partial charge in [0, 0.05) is 36.4 Å². The number of piperidine rings is 1. The quantitative estimate of drug-likeness (QED) is 0.307. The average molecular weight is 553 g/mol. The van der Waals surface area contributed by atoms with E-state index in [1.54, 1.807) is 21.6 Å². The number of hydrogen-bond donors (Lipinski definition) is 1. The standard InChI is InChI=1S/C29H31ClN4O3.H2S/c1-21(33(24-10-6-3-7-11-24)19-22-8-4-2-5-9-22)20-37-29(36)32-16-14-25(15-17-32)34-27-13-12-23(30)18-26(27)31-28(34)35;/h2-13,18,21,25H,14-17,19-20H2,1H3,(H,31,35);1H2/t21-;/m0./s1. The second-order valence-electron chi connectivity index (χ2n) is 9.55. The summed E-state index contributed by atoms with van der Waals surface area (Å²) < 4.78 is 7.56. The molecule has 1 aromatic heterocycles. The third-order valence-corrected chi connectivity index (χ3v) is 7.27. The van der Waals surface area contributed by atoms with Gasteiger partial charge >= 0.3 is 11.8 Å². The van der Waals surface area contributed by atoms with Crippen molar-refractivity contribution in [1.29, 1.82) is 0 Å². The van der Waals surface area contributed by atoms with E-state index in [2.05, 4.69) is 41.1 Å². The number of imidazole rings is 1. The molecule has 0 radical (unpaired) electrons. The van der Waals surface area contributed by atoms with Crippen LogP contribution in [0.3, 0.4) is 0 Å². The lowest BCUT2D eigenvalue weighted by Gasteiger charge is -2.34. The van der Waals surface area contributed by atoms with E-state index in [-0.39, 0.29) is 44.0 Å². The number of benzene rings is 3. The number of nitrogens with zero attached hydrogens (tertiary/aromatic N) is 3. The lowest BCUT2D eigenvalue weighted by Crippen LogP contribution is -2.43. The van der Waals surface area contributed by atoms with E-state index in [1.807, 2.05) is 42.5 Å². The molecule has 0 unspecified atom stereocenters. The Morgan fingerprint density at radius 1 is 1.05 bits per heavy atom. The first-order valence-electron chi connectivity index (χ1n) is 12.7. The molecule has 2 heterocycles. The molecule has 1 amide bonds. The number of hydrogen-bond acceptors (Lipinski definition) is 4. The van der Waals surface area contributed by atoms with Gasteiger partial charge < -0.3 is 19.5 Å². The molecule has 1 aliphatic rings.